The van der Waals surface area contributed by atoms with Gasteiger partial charge in [-0.05, 0) is 57.0 Å². The predicted octanol–water partition coefficient (Wildman–Crippen LogP) is 4.90. The fraction of sp³-hybridized carbons (Fsp3) is 0.318. The summed E-state index contributed by atoms with van der Waals surface area (Å²) in [4.78, 5) is 19.0. The monoisotopic (exact) mass is 394 g/mol. The number of anilines is 1. The molecule has 3 heterocycles. The quantitative estimate of drug-likeness (QED) is 0.686. The maximum Gasteiger partial charge on any atom is 0.321 e. The lowest BCUT2D eigenvalue weighted by Crippen LogP contribution is -2.41. The molecule has 4 rings (SSSR count). The van der Waals surface area contributed by atoms with Crippen LogP contribution in [0, 0.1) is 19.7 Å². The number of hydrogen-bond donors (Lipinski definition) is 1. The number of amides is 2. The number of piperidine rings is 1. The van der Waals surface area contributed by atoms with E-state index in [2.05, 4.69) is 15.5 Å². The summed E-state index contributed by atoms with van der Waals surface area (Å²) in [7, 11) is 0. The van der Waals surface area contributed by atoms with Gasteiger partial charge in [0.2, 0.25) is 0 Å². The van der Waals surface area contributed by atoms with Crippen molar-refractivity contribution in [3.63, 3.8) is 0 Å². The lowest BCUT2D eigenvalue weighted by molar-refractivity contribution is 0.192. The normalized spacial score (nSPS) is 16.7. The molecule has 1 aromatic carbocycles. The van der Waals surface area contributed by atoms with Gasteiger partial charge in [0.05, 0.1) is 5.69 Å². The Kier molecular flexibility index (Phi) is 5.29. The number of pyridine rings is 1. The number of rotatable bonds is 3. The largest absolute Gasteiger partial charge is 0.361 e. The molecule has 0 spiro atoms. The zero-order chi connectivity index (χ0) is 20.4. The van der Waals surface area contributed by atoms with Gasteiger partial charge in [-0.25, -0.2) is 9.18 Å². The Morgan fingerprint density at radius 2 is 2.00 bits per heavy atom. The van der Waals surface area contributed by atoms with E-state index in [9.17, 15) is 9.18 Å². The molecule has 0 unspecified atom stereocenters. The molecule has 0 aliphatic carbocycles. The minimum Gasteiger partial charge on any atom is -0.361 e. The number of likely N-dealkylation sites (tertiary alicyclic amines) is 1. The minimum absolute atomic E-state index is 0.173. The Bertz CT molecular complexity index is 979. The minimum atomic E-state index is -0.327. The van der Waals surface area contributed by atoms with Crippen LogP contribution in [0.1, 0.15) is 35.9 Å². The van der Waals surface area contributed by atoms with E-state index in [4.69, 9.17) is 4.52 Å². The SMILES string of the molecule is Cc1noc(C)c1-c1ccc([C@@H]2CCCN(C(=O)Nc3ccc(F)cc3)C2)nc1. The molecular formula is C22H23FN4O2. The average molecular weight is 394 g/mol. The van der Waals surface area contributed by atoms with Crippen LogP contribution in [0.5, 0.6) is 0 Å². The molecule has 0 radical (unpaired) electrons. The van der Waals surface area contributed by atoms with Crippen molar-refractivity contribution in [2.24, 2.45) is 0 Å². The van der Waals surface area contributed by atoms with Crippen LogP contribution >= 0.6 is 0 Å². The lowest BCUT2D eigenvalue weighted by atomic mass is 9.93. The molecule has 0 saturated carbocycles. The topological polar surface area (TPSA) is 71.3 Å². The summed E-state index contributed by atoms with van der Waals surface area (Å²) in [5, 5.41) is 6.83. The summed E-state index contributed by atoms with van der Waals surface area (Å²) >= 11 is 0. The number of aryl methyl sites for hydroxylation is 2. The smallest absolute Gasteiger partial charge is 0.321 e. The maximum absolute atomic E-state index is 13.0. The van der Waals surface area contributed by atoms with Gasteiger partial charge in [-0.2, -0.15) is 0 Å². The highest BCUT2D eigenvalue weighted by Gasteiger charge is 2.26. The van der Waals surface area contributed by atoms with Crippen LogP contribution in [-0.2, 0) is 0 Å². The number of benzene rings is 1. The summed E-state index contributed by atoms with van der Waals surface area (Å²) in [6, 6.07) is 9.67. The van der Waals surface area contributed by atoms with Crippen molar-refractivity contribution >= 4 is 11.7 Å². The molecule has 2 aromatic heterocycles. The van der Waals surface area contributed by atoms with E-state index < -0.39 is 0 Å². The van der Waals surface area contributed by atoms with Crippen LogP contribution in [-0.4, -0.2) is 34.2 Å². The van der Waals surface area contributed by atoms with Crippen LogP contribution in [0.25, 0.3) is 11.1 Å². The molecule has 1 atom stereocenters. The number of nitrogens with one attached hydrogen (secondary N) is 1. The lowest BCUT2D eigenvalue weighted by Gasteiger charge is -2.32. The fourth-order valence-corrected chi connectivity index (χ4v) is 3.83. The van der Waals surface area contributed by atoms with Crippen LogP contribution < -0.4 is 5.32 Å². The Morgan fingerprint density at radius 1 is 1.21 bits per heavy atom. The second-order valence-corrected chi connectivity index (χ2v) is 7.39. The third kappa shape index (κ3) is 4.13. The van der Waals surface area contributed by atoms with Gasteiger partial charge in [0.25, 0.3) is 0 Å². The number of aromatic nitrogens is 2. The summed E-state index contributed by atoms with van der Waals surface area (Å²) in [5.41, 5.74) is 4.36. The molecule has 1 aliphatic rings. The van der Waals surface area contributed by atoms with Crippen LogP contribution in [0.3, 0.4) is 0 Å². The Labute approximate surface area is 168 Å². The van der Waals surface area contributed by atoms with Crippen LogP contribution in [0.4, 0.5) is 14.9 Å². The number of halogens is 1. The highest BCUT2D eigenvalue weighted by Crippen LogP contribution is 2.30. The molecule has 29 heavy (non-hydrogen) atoms. The summed E-state index contributed by atoms with van der Waals surface area (Å²) in [6.45, 7) is 5.10. The van der Waals surface area contributed by atoms with E-state index in [-0.39, 0.29) is 17.8 Å². The molecule has 1 N–H and O–H groups in total. The standard InChI is InChI=1S/C22H23FN4O2/c1-14-21(15(2)29-26-14)16-5-10-20(24-12-16)17-4-3-11-27(13-17)22(28)25-19-8-6-18(23)7-9-19/h5-10,12,17H,3-4,11,13H2,1-2H3,(H,25,28)/t17-/m1/s1. The first kappa shape index (κ1) is 19.1. The number of hydrogen-bond acceptors (Lipinski definition) is 4. The Morgan fingerprint density at radius 3 is 2.66 bits per heavy atom. The molecule has 7 heteroatoms. The number of carbonyl (C=O) groups excluding carboxylic acids is 1. The zero-order valence-corrected chi connectivity index (χ0v) is 16.5. The van der Waals surface area contributed by atoms with E-state index in [1.165, 1.54) is 12.1 Å². The molecule has 1 saturated heterocycles. The van der Waals surface area contributed by atoms with Gasteiger partial charge in [-0.1, -0.05) is 11.2 Å². The predicted molar refractivity (Wildman–Crippen MR) is 108 cm³/mol. The Hall–Kier alpha value is -3.22. The molecule has 6 nitrogen and oxygen atoms in total. The van der Waals surface area contributed by atoms with Gasteiger partial charge in [-0.15, -0.1) is 0 Å². The molecule has 2 amide bonds. The molecule has 150 valence electrons. The van der Waals surface area contributed by atoms with Crippen molar-refractivity contribution in [2.45, 2.75) is 32.6 Å². The Balaban J connectivity index is 1.44. The van der Waals surface area contributed by atoms with Crippen LogP contribution in [0.2, 0.25) is 0 Å². The molecule has 1 fully saturated rings. The molecule has 3 aromatic rings. The molecular weight excluding hydrogens is 371 g/mol. The summed E-state index contributed by atoms with van der Waals surface area (Å²) in [6.07, 6.45) is 3.74. The van der Waals surface area contributed by atoms with Gasteiger partial charge in [0, 0.05) is 47.7 Å². The number of urea groups is 1. The van der Waals surface area contributed by atoms with E-state index in [1.807, 2.05) is 32.2 Å². The van der Waals surface area contributed by atoms with Gasteiger partial charge >= 0.3 is 6.03 Å². The fourth-order valence-electron chi connectivity index (χ4n) is 3.83. The first-order valence-electron chi connectivity index (χ1n) is 9.72. The van der Waals surface area contributed by atoms with Crippen molar-refractivity contribution in [3.05, 3.63) is 65.6 Å². The first-order valence-corrected chi connectivity index (χ1v) is 9.72. The van der Waals surface area contributed by atoms with E-state index >= 15 is 0 Å². The van der Waals surface area contributed by atoms with Crippen molar-refractivity contribution in [1.29, 1.82) is 0 Å². The first-order chi connectivity index (χ1) is 14.0. The van der Waals surface area contributed by atoms with Crippen molar-refractivity contribution < 1.29 is 13.7 Å². The summed E-state index contributed by atoms with van der Waals surface area (Å²) in [5.74, 6) is 0.631. The van der Waals surface area contributed by atoms with E-state index in [1.54, 1.807) is 17.0 Å². The highest BCUT2D eigenvalue weighted by molar-refractivity contribution is 5.89. The van der Waals surface area contributed by atoms with Crippen molar-refractivity contribution in [1.82, 2.24) is 15.0 Å². The zero-order valence-electron chi connectivity index (χ0n) is 16.5. The van der Waals surface area contributed by atoms with Crippen LogP contribution in [0.15, 0.2) is 47.1 Å². The average Bonchev–Trinajstić information content (AvgIpc) is 3.08. The van der Waals surface area contributed by atoms with Crippen molar-refractivity contribution in [2.75, 3.05) is 18.4 Å². The highest BCUT2D eigenvalue weighted by atomic mass is 19.1. The third-order valence-corrected chi connectivity index (χ3v) is 5.33. The van der Waals surface area contributed by atoms with Gasteiger partial charge in [0.1, 0.15) is 11.6 Å². The summed E-state index contributed by atoms with van der Waals surface area (Å²) < 4.78 is 18.3. The maximum atomic E-state index is 13.0. The van der Waals surface area contributed by atoms with E-state index in [0.717, 1.165) is 41.1 Å². The second-order valence-electron chi connectivity index (χ2n) is 7.39. The van der Waals surface area contributed by atoms with Gasteiger partial charge in [-0.3, -0.25) is 4.98 Å². The molecule has 0 bridgehead atoms. The van der Waals surface area contributed by atoms with Gasteiger partial charge in [0.15, 0.2) is 0 Å². The van der Waals surface area contributed by atoms with Gasteiger partial charge < -0.3 is 14.7 Å². The number of nitrogens with zero attached hydrogens (tertiary/aromatic N) is 3. The van der Waals surface area contributed by atoms with E-state index in [0.29, 0.717) is 18.8 Å². The molecule has 1 aliphatic heterocycles. The second kappa shape index (κ2) is 8.03. The van der Waals surface area contributed by atoms with Crippen molar-refractivity contribution in [3.8, 4) is 11.1 Å². The number of carbonyl (C=O) groups is 1. The third-order valence-electron chi connectivity index (χ3n) is 5.33.